The van der Waals surface area contributed by atoms with E-state index in [0.717, 1.165) is 35.9 Å². The zero-order valence-corrected chi connectivity index (χ0v) is 24.3. The average molecular weight is 593 g/mol. The molecule has 0 bridgehead atoms. The second kappa shape index (κ2) is 13.2. The molecule has 1 unspecified atom stereocenters. The lowest BCUT2D eigenvalue weighted by molar-refractivity contribution is -0.146. The Morgan fingerprint density at radius 3 is 1.88 bits per heavy atom. The minimum absolute atomic E-state index is 0.109. The zero-order chi connectivity index (χ0) is 32.1. The molecule has 0 fully saturated rings. The predicted octanol–water partition coefficient (Wildman–Crippen LogP) is 6.67. The van der Waals surface area contributed by atoms with Crippen LogP contribution in [0, 0.1) is 11.6 Å². The fraction of sp³-hybridized carbons (Fsp3) is 0.212. The van der Waals surface area contributed by atoms with Gasteiger partial charge in [0.05, 0.1) is 11.1 Å². The standard InChI is InChI=1S/C33H30F2O8/c1-18(2)29(36)40-20(5)33(6,7)22-9-11-23(12-10-22)41-32(39)25-14-8-21(16-26(25)34)31(38)43-28-15-13-24(17-27(28)35)42-30(37)19(3)4/h8-17,20H,1,3H2,2,4-7H3. The highest BCUT2D eigenvalue weighted by atomic mass is 19.1. The molecule has 3 aromatic carbocycles. The van der Waals surface area contributed by atoms with Crippen molar-refractivity contribution in [2.24, 2.45) is 0 Å². The van der Waals surface area contributed by atoms with Crippen molar-refractivity contribution in [1.82, 2.24) is 0 Å². The maximum atomic E-state index is 14.8. The van der Waals surface area contributed by atoms with Crippen LogP contribution in [0.2, 0.25) is 0 Å². The number of rotatable bonds is 10. The third-order valence-electron chi connectivity index (χ3n) is 6.55. The first-order chi connectivity index (χ1) is 20.1. The fourth-order valence-corrected chi connectivity index (χ4v) is 3.55. The Morgan fingerprint density at radius 2 is 1.33 bits per heavy atom. The monoisotopic (exact) mass is 592 g/mol. The van der Waals surface area contributed by atoms with Gasteiger partial charge < -0.3 is 18.9 Å². The number of benzene rings is 3. The van der Waals surface area contributed by atoms with Crippen LogP contribution < -0.4 is 14.2 Å². The molecule has 43 heavy (non-hydrogen) atoms. The van der Waals surface area contributed by atoms with E-state index in [1.165, 1.54) is 25.1 Å². The van der Waals surface area contributed by atoms with Gasteiger partial charge in [-0.2, -0.15) is 0 Å². The Kier molecular flexibility index (Phi) is 9.98. The quantitative estimate of drug-likeness (QED) is 0.146. The van der Waals surface area contributed by atoms with E-state index in [1.807, 2.05) is 13.8 Å². The molecular weight excluding hydrogens is 562 g/mol. The summed E-state index contributed by atoms with van der Waals surface area (Å²) < 4.78 is 49.8. The molecule has 0 heterocycles. The summed E-state index contributed by atoms with van der Waals surface area (Å²) in [4.78, 5) is 48.6. The number of esters is 4. The van der Waals surface area contributed by atoms with E-state index in [4.69, 9.17) is 18.9 Å². The van der Waals surface area contributed by atoms with Crippen molar-refractivity contribution >= 4 is 23.9 Å². The van der Waals surface area contributed by atoms with E-state index in [1.54, 1.807) is 26.0 Å². The maximum Gasteiger partial charge on any atom is 0.346 e. The summed E-state index contributed by atoms with van der Waals surface area (Å²) in [6, 6.07) is 12.5. The normalized spacial score (nSPS) is 11.6. The molecule has 0 aliphatic carbocycles. The van der Waals surface area contributed by atoms with Crippen LogP contribution in [0.3, 0.4) is 0 Å². The van der Waals surface area contributed by atoms with Crippen molar-refractivity contribution in [3.05, 3.63) is 113 Å². The Bertz CT molecular complexity index is 1610. The summed E-state index contributed by atoms with van der Waals surface area (Å²) in [6.45, 7) is 15.5. The van der Waals surface area contributed by atoms with Gasteiger partial charge in [-0.15, -0.1) is 0 Å². The first-order valence-corrected chi connectivity index (χ1v) is 13.0. The van der Waals surface area contributed by atoms with Gasteiger partial charge in [0.2, 0.25) is 0 Å². The van der Waals surface area contributed by atoms with Crippen LogP contribution in [0.1, 0.15) is 60.9 Å². The molecule has 0 aromatic heterocycles. The molecule has 0 amide bonds. The van der Waals surface area contributed by atoms with Gasteiger partial charge in [-0.25, -0.2) is 28.0 Å². The summed E-state index contributed by atoms with van der Waals surface area (Å²) in [5, 5.41) is 0. The van der Waals surface area contributed by atoms with Gasteiger partial charge in [0.25, 0.3) is 0 Å². The third-order valence-corrected chi connectivity index (χ3v) is 6.55. The molecule has 0 aliphatic heterocycles. The van der Waals surface area contributed by atoms with Crippen LogP contribution in [0.25, 0.3) is 0 Å². The second-order valence-corrected chi connectivity index (χ2v) is 10.3. The van der Waals surface area contributed by atoms with E-state index < -0.39 is 58.3 Å². The van der Waals surface area contributed by atoms with Crippen LogP contribution in [-0.2, 0) is 19.7 Å². The maximum absolute atomic E-state index is 14.8. The lowest BCUT2D eigenvalue weighted by atomic mass is 9.80. The van der Waals surface area contributed by atoms with E-state index in [-0.39, 0.29) is 28.2 Å². The molecule has 0 aliphatic rings. The molecule has 3 aromatic rings. The molecular formula is C33H30F2O8. The number of halogens is 2. The van der Waals surface area contributed by atoms with Crippen LogP contribution >= 0.6 is 0 Å². The Morgan fingerprint density at radius 1 is 0.721 bits per heavy atom. The Balaban J connectivity index is 1.66. The number of ether oxygens (including phenoxy) is 4. The molecule has 224 valence electrons. The molecule has 1 atom stereocenters. The van der Waals surface area contributed by atoms with Crippen molar-refractivity contribution in [2.75, 3.05) is 0 Å². The third kappa shape index (κ3) is 8.00. The van der Waals surface area contributed by atoms with E-state index in [2.05, 4.69) is 13.2 Å². The van der Waals surface area contributed by atoms with E-state index in [9.17, 15) is 28.0 Å². The first kappa shape index (κ1) is 32.4. The van der Waals surface area contributed by atoms with Gasteiger partial charge >= 0.3 is 23.9 Å². The Hall–Kier alpha value is -5.12. The zero-order valence-electron chi connectivity index (χ0n) is 24.3. The molecule has 0 N–H and O–H groups in total. The topological polar surface area (TPSA) is 105 Å². The molecule has 0 saturated carbocycles. The lowest BCUT2D eigenvalue weighted by Gasteiger charge is -2.32. The van der Waals surface area contributed by atoms with Crippen molar-refractivity contribution < 1.29 is 46.9 Å². The van der Waals surface area contributed by atoms with Gasteiger partial charge in [0, 0.05) is 22.6 Å². The van der Waals surface area contributed by atoms with Gasteiger partial charge in [-0.1, -0.05) is 39.1 Å². The molecule has 8 nitrogen and oxygen atoms in total. The summed E-state index contributed by atoms with van der Waals surface area (Å²) in [5.74, 6) is -5.91. The SMILES string of the molecule is C=C(C)C(=O)Oc1ccc(OC(=O)c2ccc(C(=O)Oc3ccc(C(C)(C)C(C)OC(=O)C(=C)C)cc3)c(F)c2)c(F)c1. The summed E-state index contributed by atoms with van der Waals surface area (Å²) in [6.07, 6.45) is -0.494. The summed E-state index contributed by atoms with van der Waals surface area (Å²) in [5.41, 5.74) is -0.145. The number of hydrogen-bond acceptors (Lipinski definition) is 8. The predicted molar refractivity (Wildman–Crippen MR) is 153 cm³/mol. The van der Waals surface area contributed by atoms with Crippen LogP contribution in [-0.4, -0.2) is 30.0 Å². The largest absolute Gasteiger partial charge is 0.458 e. The van der Waals surface area contributed by atoms with Crippen molar-refractivity contribution in [2.45, 2.75) is 46.1 Å². The van der Waals surface area contributed by atoms with Crippen LogP contribution in [0.5, 0.6) is 17.2 Å². The highest BCUT2D eigenvalue weighted by Crippen LogP contribution is 2.31. The van der Waals surface area contributed by atoms with Gasteiger partial charge in [-0.3, -0.25) is 0 Å². The molecule has 0 spiro atoms. The number of hydrogen-bond donors (Lipinski definition) is 0. The highest BCUT2D eigenvalue weighted by molar-refractivity contribution is 5.95. The Labute approximate surface area is 247 Å². The van der Waals surface area contributed by atoms with E-state index in [0.29, 0.717) is 0 Å². The van der Waals surface area contributed by atoms with Crippen molar-refractivity contribution in [3.8, 4) is 17.2 Å². The minimum atomic E-state index is -1.09. The van der Waals surface area contributed by atoms with Crippen LogP contribution in [0.15, 0.2) is 85.0 Å². The average Bonchev–Trinajstić information content (AvgIpc) is 2.94. The van der Waals surface area contributed by atoms with Gasteiger partial charge in [0.1, 0.15) is 23.4 Å². The summed E-state index contributed by atoms with van der Waals surface area (Å²) in [7, 11) is 0. The molecule has 0 radical (unpaired) electrons. The molecule has 3 rings (SSSR count). The van der Waals surface area contributed by atoms with Crippen molar-refractivity contribution in [3.63, 3.8) is 0 Å². The minimum Gasteiger partial charge on any atom is -0.458 e. The van der Waals surface area contributed by atoms with Crippen molar-refractivity contribution in [1.29, 1.82) is 0 Å². The number of carbonyl (C=O) groups is 4. The highest BCUT2D eigenvalue weighted by Gasteiger charge is 2.31. The second-order valence-electron chi connectivity index (χ2n) is 10.3. The van der Waals surface area contributed by atoms with E-state index >= 15 is 0 Å². The van der Waals surface area contributed by atoms with Gasteiger partial charge in [-0.05, 0) is 68.8 Å². The van der Waals surface area contributed by atoms with Gasteiger partial charge in [0.15, 0.2) is 11.6 Å². The fourth-order valence-electron chi connectivity index (χ4n) is 3.55. The smallest absolute Gasteiger partial charge is 0.346 e. The molecule has 10 heteroatoms. The van der Waals surface area contributed by atoms with Crippen LogP contribution in [0.4, 0.5) is 8.78 Å². The molecule has 0 saturated heterocycles. The lowest BCUT2D eigenvalue weighted by Crippen LogP contribution is -2.35. The first-order valence-electron chi connectivity index (χ1n) is 13.0. The number of carbonyl (C=O) groups excluding carboxylic acids is 4. The summed E-state index contributed by atoms with van der Waals surface area (Å²) >= 11 is 0.